The zero-order chi connectivity index (χ0) is 21.0. The number of anilines is 1. The first-order chi connectivity index (χ1) is 13.7. The van der Waals surface area contributed by atoms with Crippen LogP contribution in [0, 0.1) is 0 Å². The Labute approximate surface area is 169 Å². The summed E-state index contributed by atoms with van der Waals surface area (Å²) in [5, 5.41) is 2.90. The first-order valence-electron chi connectivity index (χ1n) is 8.49. The summed E-state index contributed by atoms with van der Waals surface area (Å²) in [5.41, 5.74) is 0.352. The maximum Gasteiger partial charge on any atom is 0.416 e. The number of carbonyl (C=O) groups is 1. The van der Waals surface area contributed by atoms with Crippen LogP contribution in [-0.4, -0.2) is 36.2 Å². The van der Waals surface area contributed by atoms with Crippen molar-refractivity contribution in [3.63, 3.8) is 0 Å². The highest BCUT2D eigenvalue weighted by Gasteiger charge is 2.30. The largest absolute Gasteiger partial charge is 0.416 e. The van der Waals surface area contributed by atoms with E-state index < -0.39 is 17.6 Å². The average Bonchev–Trinajstić information content (AvgIpc) is 3.11. The number of hydrogen-bond donors (Lipinski definition) is 1. The number of halogens is 3. The molecular formula is C20H17F3N4OS. The maximum atomic E-state index is 12.9. The number of alkyl halides is 3. The number of aliphatic imine (C=N–C) groups is 1. The molecule has 3 aromatic rings. The number of rotatable bonds is 5. The summed E-state index contributed by atoms with van der Waals surface area (Å²) in [6, 6.07) is 13.6. The molecule has 1 aromatic heterocycles. The van der Waals surface area contributed by atoms with Crippen LogP contribution < -0.4 is 5.32 Å². The van der Waals surface area contributed by atoms with Crippen LogP contribution in [-0.2, 0) is 6.18 Å². The Kier molecular flexibility index (Phi) is 5.97. The molecule has 0 aliphatic heterocycles. The minimum absolute atomic E-state index is 0.0515. The van der Waals surface area contributed by atoms with E-state index in [0.717, 1.165) is 23.5 Å². The maximum absolute atomic E-state index is 12.9. The second-order valence-corrected chi connectivity index (χ2v) is 7.26. The second kappa shape index (κ2) is 8.44. The lowest BCUT2D eigenvalue weighted by molar-refractivity contribution is -0.137. The van der Waals surface area contributed by atoms with Crippen LogP contribution in [0.4, 0.5) is 24.0 Å². The van der Waals surface area contributed by atoms with Crippen LogP contribution in [0.2, 0.25) is 0 Å². The molecule has 1 amide bonds. The molecule has 29 heavy (non-hydrogen) atoms. The molecule has 3 rings (SSSR count). The standard InChI is InChI=1S/C20H17F3N4OS/c1-27(2)12-24-19-26-16(13-7-4-3-5-8-13)17(29-19)18(28)25-15-10-6-9-14(11-15)20(21,22)23/h3-12H,1-2H3,(H,25,28). The minimum atomic E-state index is -4.49. The Bertz CT molecular complexity index is 1030. The first-order valence-corrected chi connectivity index (χ1v) is 9.31. The molecule has 150 valence electrons. The summed E-state index contributed by atoms with van der Waals surface area (Å²) in [6.07, 6.45) is -2.93. The summed E-state index contributed by atoms with van der Waals surface area (Å²) < 4.78 is 38.8. The molecule has 0 bridgehead atoms. The minimum Gasteiger partial charge on any atom is -0.369 e. The van der Waals surface area contributed by atoms with E-state index in [1.165, 1.54) is 12.1 Å². The molecule has 5 nitrogen and oxygen atoms in total. The molecule has 0 spiro atoms. The van der Waals surface area contributed by atoms with Crippen molar-refractivity contribution in [1.82, 2.24) is 9.88 Å². The summed E-state index contributed by atoms with van der Waals surface area (Å²) in [6.45, 7) is 0. The van der Waals surface area contributed by atoms with E-state index in [1.54, 1.807) is 37.5 Å². The lowest BCUT2D eigenvalue weighted by Crippen LogP contribution is -2.13. The summed E-state index contributed by atoms with van der Waals surface area (Å²) in [4.78, 5) is 23.5. The molecule has 1 N–H and O–H groups in total. The number of benzene rings is 2. The van der Waals surface area contributed by atoms with Crippen molar-refractivity contribution < 1.29 is 18.0 Å². The Morgan fingerprint density at radius 1 is 1.14 bits per heavy atom. The highest BCUT2D eigenvalue weighted by atomic mass is 32.1. The molecule has 0 atom stereocenters. The molecule has 0 unspecified atom stereocenters. The number of aromatic nitrogens is 1. The molecule has 0 fully saturated rings. The van der Waals surface area contributed by atoms with E-state index in [9.17, 15) is 18.0 Å². The van der Waals surface area contributed by atoms with Crippen molar-refractivity contribution in [2.75, 3.05) is 19.4 Å². The predicted octanol–water partition coefficient (Wildman–Crippen LogP) is 5.30. The molecule has 0 aliphatic carbocycles. The van der Waals surface area contributed by atoms with Gasteiger partial charge in [0, 0.05) is 25.3 Å². The Morgan fingerprint density at radius 3 is 2.52 bits per heavy atom. The van der Waals surface area contributed by atoms with Gasteiger partial charge in [0.2, 0.25) is 5.13 Å². The van der Waals surface area contributed by atoms with Gasteiger partial charge in [0.25, 0.3) is 5.91 Å². The normalized spacial score (nSPS) is 11.6. The number of nitrogens with zero attached hydrogens (tertiary/aromatic N) is 3. The van der Waals surface area contributed by atoms with E-state index in [0.29, 0.717) is 16.4 Å². The summed E-state index contributed by atoms with van der Waals surface area (Å²) in [7, 11) is 3.60. The van der Waals surface area contributed by atoms with Crippen LogP contribution in [0.3, 0.4) is 0 Å². The van der Waals surface area contributed by atoms with E-state index in [2.05, 4.69) is 15.3 Å². The van der Waals surface area contributed by atoms with Gasteiger partial charge in [-0.2, -0.15) is 13.2 Å². The van der Waals surface area contributed by atoms with Crippen molar-refractivity contribution in [2.45, 2.75) is 6.18 Å². The van der Waals surface area contributed by atoms with E-state index in [1.807, 2.05) is 18.2 Å². The van der Waals surface area contributed by atoms with Crippen LogP contribution in [0.25, 0.3) is 11.3 Å². The quantitative estimate of drug-likeness (QED) is 0.452. The molecule has 9 heteroatoms. The van der Waals surface area contributed by atoms with Gasteiger partial charge in [0.05, 0.1) is 17.6 Å². The zero-order valence-corrected chi connectivity index (χ0v) is 16.4. The topological polar surface area (TPSA) is 57.6 Å². The number of nitrogens with one attached hydrogen (secondary N) is 1. The molecule has 0 aliphatic rings. The van der Waals surface area contributed by atoms with Crippen molar-refractivity contribution in [3.8, 4) is 11.3 Å². The molecule has 2 aromatic carbocycles. The zero-order valence-electron chi connectivity index (χ0n) is 15.6. The SMILES string of the molecule is CN(C)C=Nc1nc(-c2ccccc2)c(C(=O)Nc2cccc(C(F)(F)F)c2)s1. The van der Waals surface area contributed by atoms with Crippen LogP contribution in [0.15, 0.2) is 59.6 Å². The summed E-state index contributed by atoms with van der Waals surface area (Å²) in [5.74, 6) is -0.549. The van der Waals surface area contributed by atoms with Gasteiger partial charge in [0.1, 0.15) is 4.88 Å². The first kappa shape index (κ1) is 20.5. The number of thiazole rings is 1. The van der Waals surface area contributed by atoms with Crippen LogP contribution in [0.5, 0.6) is 0 Å². The number of amides is 1. The fourth-order valence-electron chi connectivity index (χ4n) is 2.44. The monoisotopic (exact) mass is 418 g/mol. The van der Waals surface area contributed by atoms with E-state index >= 15 is 0 Å². The highest BCUT2D eigenvalue weighted by Crippen LogP contribution is 2.34. The van der Waals surface area contributed by atoms with Gasteiger partial charge >= 0.3 is 6.18 Å². The average molecular weight is 418 g/mol. The van der Waals surface area contributed by atoms with Crippen molar-refractivity contribution in [3.05, 3.63) is 65.0 Å². The van der Waals surface area contributed by atoms with Crippen molar-refractivity contribution in [1.29, 1.82) is 0 Å². The molecule has 1 heterocycles. The number of hydrogen-bond acceptors (Lipinski definition) is 4. The third-order valence-electron chi connectivity index (χ3n) is 3.72. The van der Waals surface area contributed by atoms with Crippen molar-refractivity contribution >= 4 is 34.4 Å². The molecule has 0 radical (unpaired) electrons. The van der Waals surface area contributed by atoms with E-state index in [4.69, 9.17) is 0 Å². The van der Waals surface area contributed by atoms with Gasteiger partial charge < -0.3 is 10.2 Å². The lowest BCUT2D eigenvalue weighted by atomic mass is 10.1. The van der Waals surface area contributed by atoms with E-state index in [-0.39, 0.29) is 10.6 Å². The van der Waals surface area contributed by atoms with Gasteiger partial charge in [-0.1, -0.05) is 47.7 Å². The summed E-state index contributed by atoms with van der Waals surface area (Å²) >= 11 is 1.06. The van der Waals surface area contributed by atoms with Crippen molar-refractivity contribution in [2.24, 2.45) is 4.99 Å². The second-order valence-electron chi connectivity index (χ2n) is 6.28. The van der Waals surface area contributed by atoms with Gasteiger partial charge in [-0.05, 0) is 18.2 Å². The van der Waals surface area contributed by atoms with Gasteiger partial charge in [-0.25, -0.2) is 9.98 Å². The number of carbonyl (C=O) groups excluding carboxylic acids is 1. The molecule has 0 saturated carbocycles. The van der Waals surface area contributed by atoms with Crippen LogP contribution in [0.1, 0.15) is 15.2 Å². The smallest absolute Gasteiger partial charge is 0.369 e. The molecular weight excluding hydrogens is 401 g/mol. The predicted molar refractivity (Wildman–Crippen MR) is 109 cm³/mol. The highest BCUT2D eigenvalue weighted by molar-refractivity contribution is 7.17. The van der Waals surface area contributed by atoms with Crippen LogP contribution >= 0.6 is 11.3 Å². The van der Waals surface area contributed by atoms with Gasteiger partial charge in [-0.15, -0.1) is 0 Å². The van der Waals surface area contributed by atoms with Gasteiger partial charge in [0.15, 0.2) is 0 Å². The third-order valence-corrected chi connectivity index (χ3v) is 4.68. The fourth-order valence-corrected chi connectivity index (χ4v) is 3.26. The Balaban J connectivity index is 1.95. The molecule has 0 saturated heterocycles. The third kappa shape index (κ3) is 5.20. The Hall–Kier alpha value is -3.20. The lowest BCUT2D eigenvalue weighted by Gasteiger charge is -2.09. The van der Waals surface area contributed by atoms with Gasteiger partial charge in [-0.3, -0.25) is 4.79 Å². The fraction of sp³-hybridized carbons (Fsp3) is 0.150. The Morgan fingerprint density at radius 2 is 1.86 bits per heavy atom.